The van der Waals surface area contributed by atoms with Gasteiger partial charge in [0.15, 0.2) is 0 Å². The van der Waals surface area contributed by atoms with E-state index in [1.807, 2.05) is 48.2 Å². The van der Waals surface area contributed by atoms with Crippen molar-refractivity contribution in [3.63, 3.8) is 0 Å². The lowest BCUT2D eigenvalue weighted by Gasteiger charge is -2.48. The fourth-order valence-electron chi connectivity index (χ4n) is 4.19. The first-order valence-electron chi connectivity index (χ1n) is 10.6. The minimum Gasteiger partial charge on any atom is -0.394 e. The van der Waals surface area contributed by atoms with Gasteiger partial charge in [0.2, 0.25) is 0 Å². The summed E-state index contributed by atoms with van der Waals surface area (Å²) in [6.45, 7) is 3.69. The van der Waals surface area contributed by atoms with E-state index in [2.05, 4.69) is 6.92 Å². The van der Waals surface area contributed by atoms with Crippen molar-refractivity contribution in [1.82, 2.24) is 4.90 Å². The number of halogens is 2. The van der Waals surface area contributed by atoms with Crippen molar-refractivity contribution in [1.29, 1.82) is 0 Å². The Hall–Kier alpha value is -1.63. The number of aliphatic hydroxyl groups is 2. The standard InChI is InChI=1S/C24H29Cl2NO4/c1-3-4-15(2)27-22(16-5-9-18(25)10-6-16)23(17-7-11-19(26)12-8-17)31-21(24(27)30)13-20(29)14-28/h5-12,15,20-23,28-29H,3-4,13-14H2,1-2H3/t15-,20-,21+,22-,23+/m0/s1. The summed E-state index contributed by atoms with van der Waals surface area (Å²) in [6, 6.07) is 14.4. The lowest BCUT2D eigenvalue weighted by atomic mass is 9.89. The molecule has 0 aliphatic carbocycles. The van der Waals surface area contributed by atoms with Crippen LogP contribution in [-0.4, -0.2) is 45.9 Å². The number of morpholine rings is 1. The molecule has 31 heavy (non-hydrogen) atoms. The Morgan fingerprint density at radius 1 is 1.03 bits per heavy atom. The van der Waals surface area contributed by atoms with Crippen LogP contribution in [0, 0.1) is 0 Å². The second-order valence-corrected chi connectivity index (χ2v) is 8.92. The largest absolute Gasteiger partial charge is 0.394 e. The Balaban J connectivity index is 2.10. The van der Waals surface area contributed by atoms with Crippen molar-refractivity contribution in [2.45, 2.75) is 63.5 Å². The second kappa shape index (κ2) is 10.8. The molecule has 0 unspecified atom stereocenters. The number of hydrogen-bond acceptors (Lipinski definition) is 4. The maximum absolute atomic E-state index is 13.5. The summed E-state index contributed by atoms with van der Waals surface area (Å²) in [5.74, 6) is -0.182. The van der Waals surface area contributed by atoms with E-state index in [4.69, 9.17) is 27.9 Å². The SMILES string of the molecule is CCC[C@H](C)N1C(=O)[C@@H](C[C@H](O)CO)O[C@H](c2ccc(Cl)cc2)[C@@H]1c1ccc(Cl)cc1. The summed E-state index contributed by atoms with van der Waals surface area (Å²) >= 11 is 12.2. The van der Waals surface area contributed by atoms with Crippen LogP contribution in [0.4, 0.5) is 0 Å². The van der Waals surface area contributed by atoms with E-state index in [0.717, 1.165) is 24.0 Å². The molecule has 2 N–H and O–H groups in total. The van der Waals surface area contributed by atoms with Crippen molar-refractivity contribution in [3.05, 3.63) is 69.7 Å². The minimum atomic E-state index is -1.03. The van der Waals surface area contributed by atoms with Crippen LogP contribution in [0.5, 0.6) is 0 Å². The van der Waals surface area contributed by atoms with Crippen LogP contribution in [0.2, 0.25) is 10.0 Å². The van der Waals surface area contributed by atoms with Crippen LogP contribution in [0.1, 0.15) is 56.4 Å². The highest BCUT2D eigenvalue weighted by Gasteiger charge is 2.46. The Bertz CT molecular complexity index is 859. The Morgan fingerprint density at radius 2 is 1.58 bits per heavy atom. The van der Waals surface area contributed by atoms with Gasteiger partial charge in [-0.2, -0.15) is 0 Å². The van der Waals surface area contributed by atoms with Gasteiger partial charge in [-0.25, -0.2) is 0 Å². The number of ether oxygens (including phenoxy) is 1. The van der Waals surface area contributed by atoms with E-state index >= 15 is 0 Å². The molecule has 1 fully saturated rings. The molecule has 0 bridgehead atoms. The van der Waals surface area contributed by atoms with Crippen LogP contribution in [0.25, 0.3) is 0 Å². The van der Waals surface area contributed by atoms with Gasteiger partial charge in [-0.3, -0.25) is 4.79 Å². The summed E-state index contributed by atoms with van der Waals surface area (Å²) < 4.78 is 6.31. The lowest BCUT2D eigenvalue weighted by Crippen LogP contribution is -2.54. The van der Waals surface area contributed by atoms with E-state index < -0.39 is 24.9 Å². The summed E-state index contributed by atoms with van der Waals surface area (Å²) in [5.41, 5.74) is 1.80. The number of carbonyl (C=O) groups is 1. The smallest absolute Gasteiger partial charge is 0.252 e. The number of hydrogen-bond donors (Lipinski definition) is 2. The normalized spacial score (nSPS) is 23.6. The molecule has 168 valence electrons. The van der Waals surface area contributed by atoms with Crippen molar-refractivity contribution in [2.24, 2.45) is 0 Å². The third kappa shape index (κ3) is 5.60. The highest BCUT2D eigenvalue weighted by Crippen LogP contribution is 2.44. The highest BCUT2D eigenvalue weighted by molar-refractivity contribution is 6.30. The zero-order valence-electron chi connectivity index (χ0n) is 17.7. The first-order chi connectivity index (χ1) is 14.8. The average molecular weight is 466 g/mol. The highest BCUT2D eigenvalue weighted by atomic mass is 35.5. The average Bonchev–Trinajstić information content (AvgIpc) is 2.76. The van der Waals surface area contributed by atoms with Crippen LogP contribution >= 0.6 is 23.2 Å². The molecule has 0 radical (unpaired) electrons. The molecule has 0 spiro atoms. The summed E-state index contributed by atoms with van der Waals surface area (Å²) in [7, 11) is 0. The first kappa shape index (κ1) is 24.0. The van der Waals surface area contributed by atoms with Gasteiger partial charge in [0.25, 0.3) is 5.91 Å². The lowest BCUT2D eigenvalue weighted by molar-refractivity contribution is -0.183. The van der Waals surface area contributed by atoms with Gasteiger partial charge < -0.3 is 19.8 Å². The van der Waals surface area contributed by atoms with Gasteiger partial charge in [-0.15, -0.1) is 0 Å². The Labute approximate surface area is 193 Å². The van der Waals surface area contributed by atoms with Crippen molar-refractivity contribution in [3.8, 4) is 0 Å². The van der Waals surface area contributed by atoms with E-state index in [-0.39, 0.29) is 24.4 Å². The number of rotatable bonds is 8. The third-order valence-electron chi connectivity index (χ3n) is 5.72. The van der Waals surface area contributed by atoms with E-state index in [9.17, 15) is 15.0 Å². The zero-order chi connectivity index (χ0) is 22.5. The van der Waals surface area contributed by atoms with Crippen LogP contribution in [-0.2, 0) is 9.53 Å². The molecule has 1 aliphatic heterocycles. The molecule has 0 saturated carbocycles. The molecule has 3 rings (SSSR count). The molecule has 0 aromatic heterocycles. The van der Waals surface area contributed by atoms with E-state index in [1.54, 1.807) is 12.1 Å². The monoisotopic (exact) mass is 465 g/mol. The Kier molecular flexibility index (Phi) is 8.36. The maximum atomic E-state index is 13.5. The molecule has 2 aromatic rings. The van der Waals surface area contributed by atoms with Crippen molar-refractivity contribution < 1.29 is 19.7 Å². The summed E-state index contributed by atoms with van der Waals surface area (Å²) in [5, 5.41) is 20.6. The Morgan fingerprint density at radius 3 is 2.10 bits per heavy atom. The molecule has 1 heterocycles. The fraction of sp³-hybridized carbons (Fsp3) is 0.458. The molecule has 5 nitrogen and oxygen atoms in total. The van der Waals surface area contributed by atoms with Gasteiger partial charge in [0, 0.05) is 22.5 Å². The molecule has 1 saturated heterocycles. The molecule has 5 atom stereocenters. The van der Waals surface area contributed by atoms with Gasteiger partial charge in [0.1, 0.15) is 12.2 Å². The summed E-state index contributed by atoms with van der Waals surface area (Å²) in [6.07, 6.45) is -0.567. The molecule has 1 amide bonds. The number of carbonyl (C=O) groups excluding carboxylic acids is 1. The quantitative estimate of drug-likeness (QED) is 0.579. The zero-order valence-corrected chi connectivity index (χ0v) is 19.3. The minimum absolute atomic E-state index is 0.0299. The summed E-state index contributed by atoms with van der Waals surface area (Å²) in [4.78, 5) is 15.4. The van der Waals surface area contributed by atoms with Gasteiger partial charge >= 0.3 is 0 Å². The van der Waals surface area contributed by atoms with Crippen LogP contribution in [0.3, 0.4) is 0 Å². The number of nitrogens with zero attached hydrogens (tertiary/aromatic N) is 1. The molecular formula is C24H29Cl2NO4. The second-order valence-electron chi connectivity index (χ2n) is 8.05. The predicted molar refractivity (Wildman–Crippen MR) is 122 cm³/mol. The van der Waals surface area contributed by atoms with Gasteiger partial charge in [-0.05, 0) is 48.7 Å². The van der Waals surface area contributed by atoms with E-state index in [1.165, 1.54) is 0 Å². The van der Waals surface area contributed by atoms with Crippen LogP contribution < -0.4 is 0 Å². The first-order valence-corrected chi connectivity index (χ1v) is 11.4. The number of benzene rings is 2. The van der Waals surface area contributed by atoms with Gasteiger partial charge in [0.05, 0.1) is 18.8 Å². The molecular weight excluding hydrogens is 437 g/mol. The maximum Gasteiger partial charge on any atom is 0.252 e. The van der Waals surface area contributed by atoms with Gasteiger partial charge in [-0.1, -0.05) is 60.8 Å². The third-order valence-corrected chi connectivity index (χ3v) is 6.22. The topological polar surface area (TPSA) is 70.0 Å². The molecule has 2 aromatic carbocycles. The van der Waals surface area contributed by atoms with E-state index in [0.29, 0.717) is 10.0 Å². The van der Waals surface area contributed by atoms with Crippen molar-refractivity contribution >= 4 is 29.1 Å². The number of aliphatic hydroxyl groups excluding tert-OH is 2. The fourth-order valence-corrected chi connectivity index (χ4v) is 4.45. The predicted octanol–water partition coefficient (Wildman–Crippen LogP) is 4.94. The number of amides is 1. The van der Waals surface area contributed by atoms with Crippen molar-refractivity contribution in [2.75, 3.05) is 6.61 Å². The molecule has 7 heteroatoms. The molecule has 1 aliphatic rings. The van der Waals surface area contributed by atoms with Crippen LogP contribution in [0.15, 0.2) is 48.5 Å².